The fourth-order valence-corrected chi connectivity index (χ4v) is 2.39. The summed E-state index contributed by atoms with van der Waals surface area (Å²) in [5.74, 6) is 0.212. The van der Waals surface area contributed by atoms with Crippen LogP contribution in [-0.2, 0) is 17.8 Å². The standard InChI is InChI=1S/C16H17N3O4/c1-4-5-11-7-13(14-10(3)18-23-15(14)17-11)16(20)21-8-12-6-9(2)22-19-12/h6-7H,4-5,8H2,1-3H3. The van der Waals surface area contributed by atoms with E-state index in [-0.39, 0.29) is 6.61 Å². The van der Waals surface area contributed by atoms with E-state index in [9.17, 15) is 4.79 Å². The van der Waals surface area contributed by atoms with Crippen molar-refractivity contribution >= 4 is 17.1 Å². The van der Waals surface area contributed by atoms with Crippen LogP contribution in [0.1, 0.15) is 46.5 Å². The highest BCUT2D eigenvalue weighted by Crippen LogP contribution is 2.23. The van der Waals surface area contributed by atoms with Gasteiger partial charge in [0, 0.05) is 11.8 Å². The van der Waals surface area contributed by atoms with Gasteiger partial charge in [-0.25, -0.2) is 9.78 Å². The molecule has 23 heavy (non-hydrogen) atoms. The normalized spacial score (nSPS) is 11.1. The van der Waals surface area contributed by atoms with Crippen LogP contribution in [0.3, 0.4) is 0 Å². The average molecular weight is 315 g/mol. The lowest BCUT2D eigenvalue weighted by atomic mass is 10.1. The number of hydrogen-bond acceptors (Lipinski definition) is 7. The molecule has 0 aromatic carbocycles. The van der Waals surface area contributed by atoms with Crippen LogP contribution in [-0.4, -0.2) is 21.3 Å². The Hall–Kier alpha value is -2.70. The quantitative estimate of drug-likeness (QED) is 0.668. The van der Waals surface area contributed by atoms with E-state index in [1.807, 2.05) is 6.92 Å². The predicted molar refractivity (Wildman–Crippen MR) is 80.9 cm³/mol. The van der Waals surface area contributed by atoms with E-state index in [4.69, 9.17) is 13.8 Å². The highest BCUT2D eigenvalue weighted by molar-refractivity contribution is 6.03. The molecule has 7 nitrogen and oxygen atoms in total. The number of hydrogen-bond donors (Lipinski definition) is 0. The SMILES string of the molecule is CCCc1cc(C(=O)OCc2cc(C)on2)c2c(C)noc2n1. The van der Waals surface area contributed by atoms with E-state index in [0.29, 0.717) is 33.8 Å². The van der Waals surface area contributed by atoms with Gasteiger partial charge in [0.05, 0.1) is 16.6 Å². The summed E-state index contributed by atoms with van der Waals surface area (Å²) in [6.07, 6.45) is 1.66. The van der Waals surface area contributed by atoms with Crippen LogP contribution >= 0.6 is 0 Å². The van der Waals surface area contributed by atoms with Gasteiger partial charge in [-0.3, -0.25) is 0 Å². The molecule has 0 bridgehead atoms. The summed E-state index contributed by atoms with van der Waals surface area (Å²) in [6, 6.07) is 3.47. The molecule has 3 aromatic heterocycles. The maximum absolute atomic E-state index is 12.5. The lowest BCUT2D eigenvalue weighted by Crippen LogP contribution is -2.08. The lowest BCUT2D eigenvalue weighted by Gasteiger charge is -2.06. The second-order valence-electron chi connectivity index (χ2n) is 5.36. The summed E-state index contributed by atoms with van der Waals surface area (Å²) >= 11 is 0. The Labute approximate surface area is 132 Å². The van der Waals surface area contributed by atoms with Gasteiger partial charge in [0.2, 0.25) is 0 Å². The van der Waals surface area contributed by atoms with Crippen LogP contribution in [0.5, 0.6) is 0 Å². The Bertz CT molecular complexity index is 850. The summed E-state index contributed by atoms with van der Waals surface area (Å²) in [7, 11) is 0. The van der Waals surface area contributed by atoms with Crippen molar-refractivity contribution in [3.8, 4) is 0 Å². The van der Waals surface area contributed by atoms with E-state index in [0.717, 1.165) is 18.5 Å². The van der Waals surface area contributed by atoms with Gasteiger partial charge < -0.3 is 13.8 Å². The predicted octanol–water partition coefficient (Wildman–Crippen LogP) is 3.14. The molecule has 3 aromatic rings. The van der Waals surface area contributed by atoms with Crippen LogP contribution in [0, 0.1) is 13.8 Å². The first-order valence-corrected chi connectivity index (χ1v) is 7.43. The maximum atomic E-state index is 12.5. The molecule has 3 heterocycles. The number of aryl methyl sites for hydroxylation is 3. The molecule has 0 saturated carbocycles. The minimum Gasteiger partial charge on any atom is -0.455 e. The second kappa shape index (κ2) is 6.20. The molecule has 0 atom stereocenters. The first kappa shape index (κ1) is 15.2. The molecule has 120 valence electrons. The van der Waals surface area contributed by atoms with Crippen molar-refractivity contribution in [1.29, 1.82) is 0 Å². The highest BCUT2D eigenvalue weighted by atomic mass is 16.5. The first-order chi connectivity index (χ1) is 11.1. The third-order valence-corrected chi connectivity index (χ3v) is 3.42. The number of rotatable bonds is 5. The number of nitrogens with zero attached hydrogens (tertiary/aromatic N) is 3. The Kier molecular flexibility index (Phi) is 4.10. The summed E-state index contributed by atoms with van der Waals surface area (Å²) in [6.45, 7) is 5.64. The van der Waals surface area contributed by atoms with Gasteiger partial charge in [-0.15, -0.1) is 0 Å². The molecule has 0 saturated heterocycles. The lowest BCUT2D eigenvalue weighted by molar-refractivity contribution is 0.0466. The zero-order chi connectivity index (χ0) is 16.4. The van der Waals surface area contributed by atoms with E-state index >= 15 is 0 Å². The molecule has 0 N–H and O–H groups in total. The molecule has 0 radical (unpaired) electrons. The second-order valence-corrected chi connectivity index (χ2v) is 5.36. The van der Waals surface area contributed by atoms with Crippen molar-refractivity contribution in [1.82, 2.24) is 15.3 Å². The molecule has 0 aliphatic heterocycles. The Balaban J connectivity index is 1.90. The van der Waals surface area contributed by atoms with Crippen molar-refractivity contribution in [2.24, 2.45) is 0 Å². The fraction of sp³-hybridized carbons (Fsp3) is 0.375. The molecule has 0 aliphatic rings. The molecule has 0 fully saturated rings. The van der Waals surface area contributed by atoms with Crippen molar-refractivity contribution in [3.63, 3.8) is 0 Å². The van der Waals surface area contributed by atoms with Gasteiger partial charge in [0.25, 0.3) is 5.71 Å². The number of carbonyl (C=O) groups excluding carboxylic acids is 1. The zero-order valence-corrected chi connectivity index (χ0v) is 13.3. The van der Waals surface area contributed by atoms with E-state index in [2.05, 4.69) is 15.3 Å². The summed E-state index contributed by atoms with van der Waals surface area (Å²) in [4.78, 5) is 16.9. The van der Waals surface area contributed by atoms with Crippen LogP contribution in [0.2, 0.25) is 0 Å². The van der Waals surface area contributed by atoms with Crippen molar-refractivity contribution < 1.29 is 18.6 Å². The van der Waals surface area contributed by atoms with E-state index in [1.165, 1.54) is 0 Å². The molecule has 0 spiro atoms. The van der Waals surface area contributed by atoms with Crippen molar-refractivity contribution in [2.45, 2.75) is 40.2 Å². The summed E-state index contributed by atoms with van der Waals surface area (Å²) in [5.41, 5.74) is 2.73. The smallest absolute Gasteiger partial charge is 0.339 e. The zero-order valence-electron chi connectivity index (χ0n) is 13.3. The largest absolute Gasteiger partial charge is 0.455 e. The third-order valence-electron chi connectivity index (χ3n) is 3.42. The summed E-state index contributed by atoms with van der Waals surface area (Å²) < 4.78 is 15.5. The van der Waals surface area contributed by atoms with Crippen molar-refractivity contribution in [2.75, 3.05) is 0 Å². The van der Waals surface area contributed by atoms with Crippen LogP contribution in [0.4, 0.5) is 0 Å². The molecule has 0 unspecified atom stereocenters. The first-order valence-electron chi connectivity index (χ1n) is 7.43. The molecule has 3 rings (SSSR count). The average Bonchev–Trinajstić information content (AvgIpc) is 3.11. The van der Waals surface area contributed by atoms with Gasteiger partial charge in [-0.1, -0.05) is 23.7 Å². The van der Waals surface area contributed by atoms with E-state index < -0.39 is 5.97 Å². The minimum atomic E-state index is -0.457. The topological polar surface area (TPSA) is 91.2 Å². The third kappa shape index (κ3) is 3.08. The Morgan fingerprint density at radius 1 is 1.17 bits per heavy atom. The molecular weight excluding hydrogens is 298 g/mol. The molecule has 0 aliphatic carbocycles. The summed E-state index contributed by atoms with van der Waals surface area (Å²) in [5, 5.41) is 8.28. The van der Waals surface area contributed by atoms with E-state index in [1.54, 1.807) is 26.0 Å². The van der Waals surface area contributed by atoms with Gasteiger partial charge in [-0.2, -0.15) is 0 Å². The van der Waals surface area contributed by atoms with Crippen molar-refractivity contribution in [3.05, 3.63) is 40.5 Å². The molecular formula is C16H17N3O4. The number of fused-ring (bicyclic) bond motifs is 1. The van der Waals surface area contributed by atoms with Gasteiger partial charge in [-0.05, 0) is 26.3 Å². The Morgan fingerprint density at radius 2 is 2.00 bits per heavy atom. The Morgan fingerprint density at radius 3 is 2.70 bits per heavy atom. The van der Waals surface area contributed by atoms with Gasteiger partial charge >= 0.3 is 5.97 Å². The number of pyridine rings is 1. The van der Waals surface area contributed by atoms with Crippen LogP contribution in [0.25, 0.3) is 11.1 Å². The maximum Gasteiger partial charge on any atom is 0.339 e. The minimum absolute atomic E-state index is 0.0490. The monoisotopic (exact) mass is 315 g/mol. The highest BCUT2D eigenvalue weighted by Gasteiger charge is 2.20. The van der Waals surface area contributed by atoms with Gasteiger partial charge in [0.15, 0.2) is 0 Å². The number of ether oxygens (including phenoxy) is 1. The fourth-order valence-electron chi connectivity index (χ4n) is 2.39. The van der Waals surface area contributed by atoms with Gasteiger partial charge in [0.1, 0.15) is 18.1 Å². The van der Waals surface area contributed by atoms with Crippen LogP contribution in [0.15, 0.2) is 21.2 Å². The number of carbonyl (C=O) groups is 1. The number of esters is 1. The van der Waals surface area contributed by atoms with Crippen LogP contribution < -0.4 is 0 Å². The molecule has 0 amide bonds. The molecule has 7 heteroatoms. The number of aromatic nitrogens is 3.